The molecular formula is C14H19N3O2. The van der Waals surface area contributed by atoms with Gasteiger partial charge in [0.1, 0.15) is 5.65 Å². The van der Waals surface area contributed by atoms with Crippen molar-refractivity contribution < 1.29 is 9.90 Å². The lowest BCUT2D eigenvalue weighted by molar-refractivity contribution is -0.138. The topological polar surface area (TPSA) is 57.8 Å². The number of aromatic nitrogens is 2. The number of aliphatic carboxylic acids is 1. The number of carboxylic acids is 1. The lowest BCUT2D eigenvalue weighted by Crippen LogP contribution is -2.30. The maximum Gasteiger partial charge on any atom is 0.317 e. The zero-order valence-electron chi connectivity index (χ0n) is 11.3. The van der Waals surface area contributed by atoms with Gasteiger partial charge in [-0.25, -0.2) is 4.98 Å². The number of imidazole rings is 1. The van der Waals surface area contributed by atoms with E-state index in [-0.39, 0.29) is 6.54 Å². The van der Waals surface area contributed by atoms with E-state index in [2.05, 4.69) is 4.98 Å². The van der Waals surface area contributed by atoms with Gasteiger partial charge in [0.15, 0.2) is 0 Å². The summed E-state index contributed by atoms with van der Waals surface area (Å²) < 4.78 is 2.03. The van der Waals surface area contributed by atoms with Crippen molar-refractivity contribution in [2.24, 2.45) is 0 Å². The largest absolute Gasteiger partial charge is 0.480 e. The van der Waals surface area contributed by atoms with Gasteiger partial charge in [0.25, 0.3) is 0 Å². The summed E-state index contributed by atoms with van der Waals surface area (Å²) in [6, 6.07) is 5.96. The summed E-state index contributed by atoms with van der Waals surface area (Å²) in [7, 11) is 0. The molecule has 2 aromatic heterocycles. The van der Waals surface area contributed by atoms with Gasteiger partial charge in [-0.15, -0.1) is 0 Å². The molecule has 5 heteroatoms. The average Bonchev–Trinajstić information content (AvgIpc) is 2.72. The van der Waals surface area contributed by atoms with E-state index in [0.717, 1.165) is 30.0 Å². The Morgan fingerprint density at radius 1 is 1.47 bits per heavy atom. The minimum atomic E-state index is -0.798. The fraction of sp³-hybridized carbons (Fsp3) is 0.429. The second-order valence-corrected chi connectivity index (χ2v) is 4.73. The van der Waals surface area contributed by atoms with Crippen molar-refractivity contribution >= 4 is 11.6 Å². The number of aryl methyl sites for hydroxylation is 1. The highest BCUT2D eigenvalue weighted by Crippen LogP contribution is 2.10. The van der Waals surface area contributed by atoms with Crippen LogP contribution < -0.4 is 0 Å². The third-order valence-corrected chi connectivity index (χ3v) is 3.03. The Hall–Kier alpha value is -1.88. The van der Waals surface area contributed by atoms with Crippen LogP contribution >= 0.6 is 0 Å². The summed E-state index contributed by atoms with van der Waals surface area (Å²) in [5, 5.41) is 8.91. The first-order valence-corrected chi connectivity index (χ1v) is 6.48. The number of fused-ring (bicyclic) bond motifs is 1. The van der Waals surface area contributed by atoms with Gasteiger partial charge < -0.3 is 9.51 Å². The van der Waals surface area contributed by atoms with Gasteiger partial charge in [-0.2, -0.15) is 0 Å². The molecule has 2 heterocycles. The van der Waals surface area contributed by atoms with Gasteiger partial charge in [0.05, 0.1) is 12.2 Å². The minimum Gasteiger partial charge on any atom is -0.480 e. The van der Waals surface area contributed by atoms with Crippen molar-refractivity contribution in [1.82, 2.24) is 14.3 Å². The zero-order chi connectivity index (χ0) is 13.8. The maximum atomic E-state index is 10.8. The van der Waals surface area contributed by atoms with Crippen molar-refractivity contribution in [2.75, 3.05) is 13.1 Å². The summed E-state index contributed by atoms with van der Waals surface area (Å²) in [5.74, 6) is -0.798. The molecule has 0 aliphatic heterocycles. The van der Waals surface area contributed by atoms with Crippen LogP contribution in [0.15, 0.2) is 24.4 Å². The molecule has 0 bridgehead atoms. The second-order valence-electron chi connectivity index (χ2n) is 4.73. The Kier molecular flexibility index (Phi) is 4.16. The Morgan fingerprint density at radius 2 is 2.26 bits per heavy atom. The quantitative estimate of drug-likeness (QED) is 0.863. The summed E-state index contributed by atoms with van der Waals surface area (Å²) in [6.07, 6.45) is 2.91. The fourth-order valence-corrected chi connectivity index (χ4v) is 2.23. The molecule has 19 heavy (non-hydrogen) atoms. The summed E-state index contributed by atoms with van der Waals surface area (Å²) in [5.41, 5.74) is 2.93. The molecule has 0 radical (unpaired) electrons. The first-order valence-electron chi connectivity index (χ1n) is 6.48. The van der Waals surface area contributed by atoms with Crippen molar-refractivity contribution in [3.63, 3.8) is 0 Å². The van der Waals surface area contributed by atoms with Crippen LogP contribution in [0.4, 0.5) is 0 Å². The van der Waals surface area contributed by atoms with Gasteiger partial charge >= 0.3 is 5.97 Å². The van der Waals surface area contributed by atoms with Crippen molar-refractivity contribution in [3.8, 4) is 0 Å². The number of pyridine rings is 1. The molecule has 0 aliphatic carbocycles. The zero-order valence-corrected chi connectivity index (χ0v) is 11.3. The van der Waals surface area contributed by atoms with E-state index in [1.807, 2.05) is 47.5 Å². The number of rotatable bonds is 6. The molecule has 0 atom stereocenters. The Balaban J connectivity index is 2.18. The van der Waals surface area contributed by atoms with Crippen LogP contribution in [0, 0.1) is 6.92 Å². The number of carbonyl (C=O) groups is 1. The highest BCUT2D eigenvalue weighted by molar-refractivity contribution is 5.69. The number of nitrogens with zero attached hydrogens (tertiary/aromatic N) is 3. The molecule has 0 spiro atoms. The van der Waals surface area contributed by atoms with E-state index in [1.54, 1.807) is 0 Å². The first-order chi connectivity index (χ1) is 9.10. The highest BCUT2D eigenvalue weighted by atomic mass is 16.4. The molecule has 1 N–H and O–H groups in total. The predicted molar refractivity (Wildman–Crippen MR) is 73.1 cm³/mol. The molecule has 0 amide bonds. The van der Waals surface area contributed by atoms with E-state index in [1.165, 1.54) is 0 Å². The molecule has 102 valence electrons. The maximum absolute atomic E-state index is 10.8. The van der Waals surface area contributed by atoms with Crippen LogP contribution in [0.2, 0.25) is 0 Å². The predicted octanol–water partition coefficient (Wildman–Crippen LogP) is 1.94. The van der Waals surface area contributed by atoms with Crippen molar-refractivity contribution in [3.05, 3.63) is 35.8 Å². The minimum absolute atomic E-state index is 0.0562. The summed E-state index contributed by atoms with van der Waals surface area (Å²) >= 11 is 0. The van der Waals surface area contributed by atoms with Crippen molar-refractivity contribution in [1.29, 1.82) is 0 Å². The molecular weight excluding hydrogens is 242 g/mol. The summed E-state index contributed by atoms with van der Waals surface area (Å²) in [6.45, 7) is 5.46. The van der Waals surface area contributed by atoms with E-state index in [4.69, 9.17) is 5.11 Å². The van der Waals surface area contributed by atoms with Crippen LogP contribution in [0.1, 0.15) is 24.7 Å². The number of hydrogen-bond acceptors (Lipinski definition) is 3. The van der Waals surface area contributed by atoms with Gasteiger partial charge in [-0.3, -0.25) is 9.69 Å². The SMILES string of the molecule is CCCN(CC(=O)O)Cc1cn2c(C)cccc2n1. The van der Waals surface area contributed by atoms with Crippen LogP contribution in [0.3, 0.4) is 0 Å². The molecule has 0 saturated carbocycles. The monoisotopic (exact) mass is 261 g/mol. The standard InChI is InChI=1S/C14H19N3O2/c1-3-7-16(10-14(18)19)8-12-9-17-11(2)5-4-6-13(17)15-12/h4-6,9H,3,7-8,10H2,1-2H3,(H,18,19). The molecule has 0 aromatic carbocycles. The Morgan fingerprint density at radius 3 is 2.89 bits per heavy atom. The van der Waals surface area contributed by atoms with Crippen LogP contribution in [-0.2, 0) is 11.3 Å². The van der Waals surface area contributed by atoms with Gasteiger partial charge in [-0.05, 0) is 32.0 Å². The number of hydrogen-bond donors (Lipinski definition) is 1. The molecule has 2 rings (SSSR count). The van der Waals surface area contributed by atoms with Crippen LogP contribution in [0.5, 0.6) is 0 Å². The van der Waals surface area contributed by atoms with E-state index >= 15 is 0 Å². The van der Waals surface area contributed by atoms with Gasteiger partial charge in [0, 0.05) is 18.4 Å². The lowest BCUT2D eigenvalue weighted by Gasteiger charge is -2.17. The van der Waals surface area contributed by atoms with E-state index in [9.17, 15) is 4.79 Å². The first kappa shape index (κ1) is 13.5. The van der Waals surface area contributed by atoms with Crippen LogP contribution in [-0.4, -0.2) is 38.4 Å². The highest BCUT2D eigenvalue weighted by Gasteiger charge is 2.11. The molecule has 0 unspecified atom stereocenters. The fourth-order valence-electron chi connectivity index (χ4n) is 2.23. The Labute approximate surface area is 112 Å². The van der Waals surface area contributed by atoms with E-state index < -0.39 is 5.97 Å². The van der Waals surface area contributed by atoms with Gasteiger partial charge in [-0.1, -0.05) is 13.0 Å². The average molecular weight is 261 g/mol. The normalized spacial score (nSPS) is 11.3. The van der Waals surface area contributed by atoms with E-state index in [0.29, 0.717) is 6.54 Å². The molecule has 0 fully saturated rings. The Bertz CT molecular complexity index is 577. The van der Waals surface area contributed by atoms with Gasteiger partial charge in [0.2, 0.25) is 0 Å². The van der Waals surface area contributed by atoms with Crippen LogP contribution in [0.25, 0.3) is 5.65 Å². The molecule has 2 aromatic rings. The molecule has 0 aliphatic rings. The number of carboxylic acid groups (broad SMARTS) is 1. The van der Waals surface area contributed by atoms with Crippen molar-refractivity contribution in [2.45, 2.75) is 26.8 Å². The molecule has 0 saturated heterocycles. The summed E-state index contributed by atoms with van der Waals surface area (Å²) in [4.78, 5) is 17.3. The lowest BCUT2D eigenvalue weighted by atomic mass is 10.3. The third-order valence-electron chi connectivity index (χ3n) is 3.03. The molecule has 5 nitrogen and oxygen atoms in total. The third kappa shape index (κ3) is 3.32. The smallest absolute Gasteiger partial charge is 0.317 e. The second kappa shape index (κ2) is 5.84.